The molecule has 0 amide bonds. The second-order valence-corrected chi connectivity index (χ2v) is 15.9. The molecule has 8 aliphatic carbocycles. The van der Waals surface area contributed by atoms with Gasteiger partial charge in [0.05, 0.1) is 7.85 Å². The summed E-state index contributed by atoms with van der Waals surface area (Å²) < 4.78 is 0. The summed E-state index contributed by atoms with van der Waals surface area (Å²) in [4.78, 5) is 2.63. The van der Waals surface area contributed by atoms with Crippen molar-refractivity contribution < 1.29 is 0 Å². The number of hydrogen-bond donors (Lipinski definition) is 0. The Morgan fingerprint density at radius 2 is 0.800 bits per heavy atom. The lowest BCUT2D eigenvalue weighted by atomic mass is 9.34. The lowest BCUT2D eigenvalue weighted by Crippen LogP contribution is -2.66. The Kier molecular flexibility index (Phi) is 5.02. The van der Waals surface area contributed by atoms with Crippen LogP contribution < -0.4 is 0 Å². The van der Waals surface area contributed by atoms with E-state index in [4.69, 9.17) is 7.85 Å². The number of likely N-dealkylation sites (tertiary alicyclic amines) is 1. The Labute approximate surface area is 216 Å². The minimum atomic E-state index is 0.805. The van der Waals surface area contributed by atoms with E-state index < -0.39 is 0 Å². The Balaban J connectivity index is 1.08. The molecule has 0 N–H and O–H groups in total. The highest BCUT2D eigenvalue weighted by Gasteiger charge is 2.66. The Hall–Kier alpha value is 0.0249. The molecule has 1 aliphatic heterocycles. The maximum absolute atomic E-state index is 6.19. The molecule has 1 heterocycles. The van der Waals surface area contributed by atoms with Crippen LogP contribution in [0, 0.1) is 94.7 Å². The van der Waals surface area contributed by atoms with E-state index in [0.29, 0.717) is 0 Å². The normalized spacial score (nSPS) is 62.3. The van der Waals surface area contributed by atoms with Gasteiger partial charge in [0, 0.05) is 13.1 Å². The Morgan fingerprint density at radius 1 is 0.400 bits per heavy atom. The molecule has 0 bridgehead atoms. The van der Waals surface area contributed by atoms with Crippen LogP contribution in [0.25, 0.3) is 0 Å². The van der Waals surface area contributed by atoms with Crippen LogP contribution in [0.5, 0.6) is 0 Å². The molecule has 9 fully saturated rings. The molecule has 0 aromatic heterocycles. The van der Waals surface area contributed by atoms with E-state index in [2.05, 4.69) is 4.90 Å². The number of hydrogen-bond acceptors (Lipinski definition) is 1. The number of piperidine rings is 1. The summed E-state index contributed by atoms with van der Waals surface area (Å²) in [5, 5.41) is 0. The van der Waals surface area contributed by atoms with Crippen molar-refractivity contribution in [3.63, 3.8) is 0 Å². The summed E-state index contributed by atoms with van der Waals surface area (Å²) >= 11 is 0. The number of rotatable bonds is 1. The standard InChI is InChI=1S/C33H50BN/c34-17-35-15-19-7-9-23-27-13-11-25-21-5-1-3-18-4-2-6-22(30(18)21)26-12-14-28(33(27)32(25)26)24-10-8-20(16-35)29(19)31(23)24/h18-33H,1-17H2. The monoisotopic (exact) mass is 471 g/mol. The molecule has 10 unspecified atom stereocenters. The van der Waals surface area contributed by atoms with Gasteiger partial charge in [0.2, 0.25) is 0 Å². The van der Waals surface area contributed by atoms with E-state index in [1.54, 1.807) is 89.9 Å². The van der Waals surface area contributed by atoms with Gasteiger partial charge < -0.3 is 4.90 Å². The second kappa shape index (κ2) is 8.02. The van der Waals surface area contributed by atoms with Crippen LogP contribution in [-0.4, -0.2) is 32.3 Å². The predicted molar refractivity (Wildman–Crippen MR) is 143 cm³/mol. The zero-order valence-electron chi connectivity index (χ0n) is 22.3. The van der Waals surface area contributed by atoms with E-state index in [9.17, 15) is 0 Å². The van der Waals surface area contributed by atoms with Crippen molar-refractivity contribution in [2.75, 3.05) is 19.5 Å². The third-order valence-corrected chi connectivity index (χ3v) is 15.6. The largest absolute Gasteiger partial charge is 0.311 e. The van der Waals surface area contributed by atoms with Gasteiger partial charge in [-0.2, -0.15) is 0 Å². The molecule has 9 aliphatic rings. The molecule has 9 rings (SSSR count). The summed E-state index contributed by atoms with van der Waals surface area (Å²) in [6, 6.07) is 0. The summed E-state index contributed by atoms with van der Waals surface area (Å²) in [6.45, 7) is 2.68. The number of fused-ring (bicyclic) bond motifs is 4. The molecule has 2 radical (unpaired) electrons. The zero-order valence-corrected chi connectivity index (χ0v) is 22.3. The van der Waals surface area contributed by atoms with Crippen LogP contribution in [-0.2, 0) is 0 Å². The summed E-state index contributed by atoms with van der Waals surface area (Å²) in [6.07, 6.45) is 23.3. The molecule has 1 saturated heterocycles. The Bertz CT molecular complexity index is 781. The summed E-state index contributed by atoms with van der Waals surface area (Å²) in [7, 11) is 6.19. The van der Waals surface area contributed by atoms with Crippen molar-refractivity contribution in [3.05, 3.63) is 0 Å². The van der Waals surface area contributed by atoms with Gasteiger partial charge in [-0.1, -0.05) is 25.7 Å². The first-order valence-electron chi connectivity index (χ1n) is 16.7. The van der Waals surface area contributed by atoms with E-state index in [1.165, 1.54) is 30.8 Å². The highest BCUT2D eigenvalue weighted by Crippen LogP contribution is 2.72. The quantitative estimate of drug-likeness (QED) is 0.378. The molecule has 35 heavy (non-hydrogen) atoms. The SMILES string of the molecule is [B]CN1CC2CCC3C4CCC5C6CCCC7CCCC(C8CCC(C9CCC(C1)C2C39)C4C58)C76. The average Bonchev–Trinajstić information content (AvgIpc) is 2.92. The van der Waals surface area contributed by atoms with Gasteiger partial charge in [-0.25, -0.2) is 0 Å². The lowest BCUT2D eigenvalue weighted by Gasteiger charge is -2.71. The van der Waals surface area contributed by atoms with E-state index in [-0.39, 0.29) is 0 Å². The van der Waals surface area contributed by atoms with Crippen LogP contribution in [0.4, 0.5) is 0 Å². The van der Waals surface area contributed by atoms with Crippen LogP contribution in [0.3, 0.4) is 0 Å². The topological polar surface area (TPSA) is 3.24 Å². The molecule has 1 nitrogen and oxygen atoms in total. The minimum Gasteiger partial charge on any atom is -0.311 e. The van der Waals surface area contributed by atoms with E-state index >= 15 is 0 Å². The molecular weight excluding hydrogens is 421 g/mol. The first kappa shape index (κ1) is 21.9. The maximum atomic E-state index is 6.19. The van der Waals surface area contributed by atoms with Crippen LogP contribution in [0.1, 0.15) is 89.9 Å². The van der Waals surface area contributed by atoms with Gasteiger partial charge in [0.15, 0.2) is 0 Å². The molecule has 0 aromatic rings. The predicted octanol–water partition coefficient (Wildman–Crippen LogP) is 6.86. The van der Waals surface area contributed by atoms with E-state index in [1.807, 2.05) is 0 Å². The summed E-state index contributed by atoms with van der Waals surface area (Å²) in [5.41, 5.74) is 0. The highest BCUT2D eigenvalue weighted by atomic mass is 15.1. The van der Waals surface area contributed by atoms with Crippen LogP contribution in [0.2, 0.25) is 0 Å². The fourth-order valence-electron chi connectivity index (χ4n) is 15.3. The van der Waals surface area contributed by atoms with E-state index in [0.717, 1.165) is 83.4 Å². The van der Waals surface area contributed by atoms with Crippen molar-refractivity contribution in [2.24, 2.45) is 94.7 Å². The van der Waals surface area contributed by atoms with Gasteiger partial charge in [-0.15, -0.1) is 0 Å². The van der Waals surface area contributed by atoms with Gasteiger partial charge in [-0.05, 0) is 165 Å². The van der Waals surface area contributed by atoms with Crippen LogP contribution in [0.15, 0.2) is 0 Å². The average molecular weight is 472 g/mol. The van der Waals surface area contributed by atoms with Gasteiger partial charge in [-0.3, -0.25) is 0 Å². The van der Waals surface area contributed by atoms with Crippen molar-refractivity contribution in [1.82, 2.24) is 4.90 Å². The molecule has 2 heteroatoms. The van der Waals surface area contributed by atoms with Gasteiger partial charge in [0.25, 0.3) is 0 Å². The fraction of sp³-hybridized carbons (Fsp3) is 1.00. The number of nitrogens with zero attached hydrogens (tertiary/aromatic N) is 1. The summed E-state index contributed by atoms with van der Waals surface area (Å²) in [5.74, 6) is 18.0. The van der Waals surface area contributed by atoms with Crippen molar-refractivity contribution >= 4 is 7.85 Å². The molecule has 10 atom stereocenters. The smallest absolute Gasteiger partial charge is 0.0863 e. The van der Waals surface area contributed by atoms with Crippen LogP contribution >= 0.6 is 0 Å². The third-order valence-electron chi connectivity index (χ3n) is 15.6. The first-order valence-corrected chi connectivity index (χ1v) is 16.7. The van der Waals surface area contributed by atoms with Crippen molar-refractivity contribution in [3.8, 4) is 0 Å². The molecule has 0 aromatic carbocycles. The van der Waals surface area contributed by atoms with Gasteiger partial charge >= 0.3 is 0 Å². The van der Waals surface area contributed by atoms with Gasteiger partial charge in [0.1, 0.15) is 0 Å². The molecule has 190 valence electrons. The van der Waals surface area contributed by atoms with Crippen molar-refractivity contribution in [1.29, 1.82) is 0 Å². The van der Waals surface area contributed by atoms with Crippen molar-refractivity contribution in [2.45, 2.75) is 89.9 Å². The second-order valence-electron chi connectivity index (χ2n) is 15.9. The lowest BCUT2D eigenvalue weighted by molar-refractivity contribution is -0.228. The highest BCUT2D eigenvalue weighted by molar-refractivity contribution is 6.08. The zero-order chi connectivity index (χ0) is 22.8. The minimum absolute atomic E-state index is 0.805. The molecule has 0 spiro atoms. The first-order chi connectivity index (χ1) is 17.3. The third kappa shape index (κ3) is 2.88. The molecular formula is C33H50BN. The fourth-order valence-corrected chi connectivity index (χ4v) is 15.3. The molecule has 8 saturated carbocycles. The maximum Gasteiger partial charge on any atom is 0.0863 e. The Morgan fingerprint density at radius 3 is 1.26 bits per heavy atom.